The van der Waals surface area contributed by atoms with Gasteiger partial charge in [-0.05, 0) is 31.6 Å². The summed E-state index contributed by atoms with van der Waals surface area (Å²) in [6, 6.07) is -0.554. The fourth-order valence-electron chi connectivity index (χ4n) is 3.14. The Morgan fingerprint density at radius 2 is 1.95 bits per heavy atom. The van der Waals surface area contributed by atoms with Crippen LogP contribution in [0.2, 0.25) is 0 Å². The van der Waals surface area contributed by atoms with Gasteiger partial charge in [-0.15, -0.1) is 0 Å². The van der Waals surface area contributed by atoms with Crippen LogP contribution in [0.15, 0.2) is 0 Å². The zero-order valence-electron chi connectivity index (χ0n) is 11.8. The summed E-state index contributed by atoms with van der Waals surface area (Å²) >= 11 is 0. The van der Waals surface area contributed by atoms with E-state index in [0.29, 0.717) is 6.61 Å². The molecule has 0 radical (unpaired) electrons. The molecule has 0 bridgehead atoms. The van der Waals surface area contributed by atoms with Crippen molar-refractivity contribution in [3.05, 3.63) is 0 Å². The van der Waals surface area contributed by atoms with Gasteiger partial charge in [-0.3, -0.25) is 5.41 Å². The van der Waals surface area contributed by atoms with Gasteiger partial charge in [-0.2, -0.15) is 0 Å². The summed E-state index contributed by atoms with van der Waals surface area (Å²) in [5, 5.41) is 7.67. The molecule has 2 atom stereocenters. The second-order valence-corrected chi connectivity index (χ2v) is 7.66. The van der Waals surface area contributed by atoms with E-state index in [0.717, 1.165) is 38.5 Å². The zero-order valence-corrected chi connectivity index (χ0v) is 12.6. The number of hydrogen-bond donors (Lipinski definition) is 3. The van der Waals surface area contributed by atoms with Crippen molar-refractivity contribution in [1.82, 2.24) is 4.72 Å². The Hall–Kier alpha value is -0.660. The first-order chi connectivity index (χ1) is 9.48. The fourth-order valence-corrected chi connectivity index (χ4v) is 4.70. The molecule has 2 aliphatic rings. The van der Waals surface area contributed by atoms with E-state index in [4.69, 9.17) is 15.9 Å². The second-order valence-electron chi connectivity index (χ2n) is 5.87. The first-order valence-corrected chi connectivity index (χ1v) is 9.09. The summed E-state index contributed by atoms with van der Waals surface area (Å²) in [5.41, 5.74) is 5.61. The Kier molecular flexibility index (Phi) is 5.40. The minimum absolute atomic E-state index is 0.0243. The Labute approximate surface area is 121 Å². The zero-order chi connectivity index (χ0) is 14.6. The van der Waals surface area contributed by atoms with Crippen molar-refractivity contribution in [3.8, 4) is 0 Å². The summed E-state index contributed by atoms with van der Waals surface area (Å²) in [5.74, 6) is 0.0529. The molecule has 116 valence electrons. The van der Waals surface area contributed by atoms with Gasteiger partial charge in [0.1, 0.15) is 5.84 Å². The summed E-state index contributed by atoms with van der Waals surface area (Å²) in [7, 11) is -3.45. The molecule has 2 rings (SSSR count). The standard InChI is InChI=1S/C13H25N3O3S/c14-13(15)12(10-5-2-1-3-6-10)16-20(17,18)9-11-7-4-8-19-11/h10-12,16H,1-9H2,(H3,14,15). The lowest BCUT2D eigenvalue weighted by atomic mass is 9.84. The number of hydrogen-bond acceptors (Lipinski definition) is 4. The average Bonchev–Trinajstić information content (AvgIpc) is 2.89. The van der Waals surface area contributed by atoms with Gasteiger partial charge >= 0.3 is 0 Å². The number of amidine groups is 1. The molecule has 7 heteroatoms. The highest BCUT2D eigenvalue weighted by Gasteiger charge is 2.31. The molecular formula is C13H25N3O3S. The Balaban J connectivity index is 1.96. The lowest BCUT2D eigenvalue weighted by Gasteiger charge is -2.30. The Morgan fingerprint density at radius 1 is 1.25 bits per heavy atom. The highest BCUT2D eigenvalue weighted by atomic mass is 32.2. The normalized spacial score (nSPS) is 26.5. The highest BCUT2D eigenvalue weighted by Crippen LogP contribution is 2.27. The van der Waals surface area contributed by atoms with E-state index in [9.17, 15) is 8.42 Å². The van der Waals surface area contributed by atoms with Crippen LogP contribution in [0, 0.1) is 11.3 Å². The minimum Gasteiger partial charge on any atom is -0.386 e. The van der Waals surface area contributed by atoms with E-state index in [1.54, 1.807) is 0 Å². The molecule has 2 fully saturated rings. The summed E-state index contributed by atoms with van der Waals surface area (Å²) in [6.07, 6.45) is 6.72. The van der Waals surface area contributed by atoms with Crippen LogP contribution in [0.1, 0.15) is 44.9 Å². The third-order valence-corrected chi connectivity index (χ3v) is 5.62. The van der Waals surface area contributed by atoms with Gasteiger partial charge in [0.05, 0.1) is 17.9 Å². The van der Waals surface area contributed by atoms with Gasteiger partial charge < -0.3 is 10.5 Å². The van der Waals surface area contributed by atoms with Crippen molar-refractivity contribution in [2.75, 3.05) is 12.4 Å². The predicted molar refractivity (Wildman–Crippen MR) is 78.2 cm³/mol. The number of ether oxygens (including phenoxy) is 1. The van der Waals surface area contributed by atoms with Crippen molar-refractivity contribution < 1.29 is 13.2 Å². The van der Waals surface area contributed by atoms with Crippen molar-refractivity contribution in [1.29, 1.82) is 5.41 Å². The first kappa shape index (κ1) is 15.7. The van der Waals surface area contributed by atoms with E-state index in [1.165, 1.54) is 6.42 Å². The fraction of sp³-hybridized carbons (Fsp3) is 0.923. The van der Waals surface area contributed by atoms with Crippen molar-refractivity contribution in [2.45, 2.75) is 57.1 Å². The number of rotatable bonds is 6. The Bertz CT molecular complexity index is 426. The molecule has 4 N–H and O–H groups in total. The van der Waals surface area contributed by atoms with Crippen molar-refractivity contribution in [2.24, 2.45) is 11.7 Å². The van der Waals surface area contributed by atoms with Crippen LogP contribution in [-0.4, -0.2) is 38.8 Å². The molecule has 1 saturated heterocycles. The molecule has 1 saturated carbocycles. The quantitative estimate of drug-likeness (QED) is 0.502. The molecule has 20 heavy (non-hydrogen) atoms. The van der Waals surface area contributed by atoms with Crippen LogP contribution in [-0.2, 0) is 14.8 Å². The number of sulfonamides is 1. The average molecular weight is 303 g/mol. The number of nitrogens with two attached hydrogens (primary N) is 1. The predicted octanol–water partition coefficient (Wildman–Crippen LogP) is 0.970. The molecule has 1 heterocycles. The van der Waals surface area contributed by atoms with E-state index in [-0.39, 0.29) is 23.6 Å². The molecule has 2 unspecified atom stereocenters. The van der Waals surface area contributed by atoms with E-state index < -0.39 is 16.1 Å². The molecular weight excluding hydrogens is 278 g/mol. The van der Waals surface area contributed by atoms with Gasteiger partial charge in [0.2, 0.25) is 10.0 Å². The largest absolute Gasteiger partial charge is 0.386 e. The second kappa shape index (κ2) is 6.87. The van der Waals surface area contributed by atoms with E-state index in [2.05, 4.69) is 4.72 Å². The van der Waals surface area contributed by atoms with Gasteiger partial charge in [0.25, 0.3) is 0 Å². The topological polar surface area (TPSA) is 105 Å². The lowest BCUT2D eigenvalue weighted by molar-refractivity contribution is 0.127. The maximum atomic E-state index is 12.2. The Morgan fingerprint density at radius 3 is 2.50 bits per heavy atom. The molecule has 0 amide bonds. The minimum atomic E-state index is -3.45. The summed E-state index contributed by atoms with van der Waals surface area (Å²) in [4.78, 5) is 0. The van der Waals surface area contributed by atoms with Gasteiger partial charge in [0, 0.05) is 6.61 Å². The van der Waals surface area contributed by atoms with Gasteiger partial charge in [-0.25, -0.2) is 13.1 Å². The smallest absolute Gasteiger partial charge is 0.214 e. The highest BCUT2D eigenvalue weighted by molar-refractivity contribution is 7.89. The van der Waals surface area contributed by atoms with Crippen LogP contribution >= 0.6 is 0 Å². The van der Waals surface area contributed by atoms with Gasteiger partial charge in [-0.1, -0.05) is 19.3 Å². The molecule has 6 nitrogen and oxygen atoms in total. The molecule has 1 aliphatic heterocycles. The third kappa shape index (κ3) is 4.43. The monoisotopic (exact) mass is 303 g/mol. The van der Waals surface area contributed by atoms with Crippen LogP contribution in [0.3, 0.4) is 0 Å². The summed E-state index contributed by atoms with van der Waals surface area (Å²) in [6.45, 7) is 0.638. The van der Waals surface area contributed by atoms with E-state index in [1.807, 2.05) is 0 Å². The van der Waals surface area contributed by atoms with Crippen LogP contribution < -0.4 is 10.5 Å². The maximum absolute atomic E-state index is 12.2. The number of nitrogens with one attached hydrogen (secondary N) is 2. The van der Waals surface area contributed by atoms with Crippen LogP contribution in [0.25, 0.3) is 0 Å². The molecule has 0 spiro atoms. The SMILES string of the molecule is N=C(N)C(NS(=O)(=O)CC1CCCO1)C1CCCCC1. The third-order valence-electron chi connectivity index (χ3n) is 4.19. The lowest BCUT2D eigenvalue weighted by Crippen LogP contribution is -2.50. The molecule has 0 aromatic rings. The van der Waals surface area contributed by atoms with Crippen molar-refractivity contribution in [3.63, 3.8) is 0 Å². The van der Waals surface area contributed by atoms with E-state index >= 15 is 0 Å². The first-order valence-electron chi connectivity index (χ1n) is 7.43. The van der Waals surface area contributed by atoms with Crippen molar-refractivity contribution >= 4 is 15.9 Å². The van der Waals surface area contributed by atoms with Gasteiger partial charge in [0.15, 0.2) is 0 Å². The maximum Gasteiger partial charge on any atom is 0.214 e. The van der Waals surface area contributed by atoms with Crippen LogP contribution in [0.4, 0.5) is 0 Å². The summed E-state index contributed by atoms with van der Waals surface area (Å²) < 4.78 is 32.4. The molecule has 0 aromatic carbocycles. The molecule has 0 aromatic heterocycles. The van der Waals surface area contributed by atoms with Crippen LogP contribution in [0.5, 0.6) is 0 Å². The molecule has 1 aliphatic carbocycles.